The Morgan fingerprint density at radius 1 is 1.22 bits per heavy atom. The number of nitrogens with zero attached hydrogens (tertiary/aromatic N) is 2. The third-order valence-electron chi connectivity index (χ3n) is 2.61. The molecule has 0 N–H and O–H groups in total. The lowest BCUT2D eigenvalue weighted by molar-refractivity contribution is 0.103. The standard InChI is InChI=1S/C13H14N2O3/c1-15-12(18-3)8-11(14-15)13(16)9-5-4-6-10(7-9)17-2/h4-8H,1-3H3. The summed E-state index contributed by atoms with van der Waals surface area (Å²) < 4.78 is 11.7. The predicted molar refractivity (Wildman–Crippen MR) is 66.2 cm³/mol. The van der Waals surface area contributed by atoms with Gasteiger partial charge in [0.15, 0.2) is 0 Å². The summed E-state index contributed by atoms with van der Waals surface area (Å²) in [6.07, 6.45) is 0. The van der Waals surface area contributed by atoms with Crippen LogP contribution in [0.25, 0.3) is 0 Å². The van der Waals surface area contributed by atoms with Gasteiger partial charge in [-0.1, -0.05) is 12.1 Å². The van der Waals surface area contributed by atoms with E-state index in [1.165, 1.54) is 11.8 Å². The second kappa shape index (κ2) is 4.91. The topological polar surface area (TPSA) is 53.4 Å². The monoisotopic (exact) mass is 246 g/mol. The van der Waals surface area contributed by atoms with Crippen molar-refractivity contribution in [2.24, 2.45) is 7.05 Å². The first kappa shape index (κ1) is 12.2. The first-order chi connectivity index (χ1) is 8.65. The van der Waals surface area contributed by atoms with Crippen molar-refractivity contribution in [2.45, 2.75) is 0 Å². The number of carbonyl (C=O) groups excluding carboxylic acids is 1. The van der Waals surface area contributed by atoms with Gasteiger partial charge in [-0.3, -0.25) is 4.79 Å². The fourth-order valence-electron chi connectivity index (χ4n) is 1.66. The van der Waals surface area contributed by atoms with Gasteiger partial charge in [0.05, 0.1) is 14.2 Å². The summed E-state index contributed by atoms with van der Waals surface area (Å²) in [5, 5.41) is 4.11. The molecular formula is C13H14N2O3. The first-order valence-corrected chi connectivity index (χ1v) is 5.42. The summed E-state index contributed by atoms with van der Waals surface area (Å²) in [6, 6.07) is 8.58. The maximum Gasteiger partial charge on any atom is 0.213 e. The molecule has 5 heteroatoms. The van der Waals surface area contributed by atoms with Crippen molar-refractivity contribution < 1.29 is 14.3 Å². The van der Waals surface area contributed by atoms with Crippen LogP contribution in [0.5, 0.6) is 11.6 Å². The average molecular weight is 246 g/mol. The van der Waals surface area contributed by atoms with Crippen LogP contribution in [0.15, 0.2) is 30.3 Å². The van der Waals surface area contributed by atoms with Crippen LogP contribution in [0.4, 0.5) is 0 Å². The highest BCUT2D eigenvalue weighted by atomic mass is 16.5. The molecule has 1 aromatic carbocycles. The van der Waals surface area contributed by atoms with Crippen molar-refractivity contribution in [1.82, 2.24) is 9.78 Å². The van der Waals surface area contributed by atoms with Gasteiger partial charge in [0.25, 0.3) is 0 Å². The molecule has 0 bridgehead atoms. The molecule has 2 aromatic rings. The minimum atomic E-state index is -0.159. The maximum absolute atomic E-state index is 12.2. The molecule has 1 aromatic heterocycles. The van der Waals surface area contributed by atoms with Crippen LogP contribution < -0.4 is 9.47 Å². The quantitative estimate of drug-likeness (QED) is 0.770. The van der Waals surface area contributed by atoms with Gasteiger partial charge < -0.3 is 9.47 Å². The summed E-state index contributed by atoms with van der Waals surface area (Å²) in [4.78, 5) is 12.2. The lowest BCUT2D eigenvalue weighted by Gasteiger charge is -2.01. The van der Waals surface area contributed by atoms with E-state index in [0.717, 1.165) is 0 Å². The Kier molecular flexibility index (Phi) is 3.32. The van der Waals surface area contributed by atoms with Gasteiger partial charge in [0.1, 0.15) is 11.4 Å². The molecular weight excluding hydrogens is 232 g/mol. The molecule has 0 saturated carbocycles. The summed E-state index contributed by atoms with van der Waals surface area (Å²) in [5.41, 5.74) is 0.887. The zero-order valence-corrected chi connectivity index (χ0v) is 10.5. The first-order valence-electron chi connectivity index (χ1n) is 5.42. The van der Waals surface area contributed by atoms with Gasteiger partial charge in [-0.25, -0.2) is 4.68 Å². The van der Waals surface area contributed by atoms with Crippen LogP contribution in [0.3, 0.4) is 0 Å². The van der Waals surface area contributed by atoms with E-state index in [1.54, 1.807) is 44.5 Å². The van der Waals surface area contributed by atoms with Gasteiger partial charge in [0, 0.05) is 18.7 Å². The predicted octanol–water partition coefficient (Wildman–Crippen LogP) is 1.67. The summed E-state index contributed by atoms with van der Waals surface area (Å²) >= 11 is 0. The number of carbonyl (C=O) groups is 1. The highest BCUT2D eigenvalue weighted by Gasteiger charge is 2.15. The van der Waals surface area contributed by atoms with Crippen LogP contribution in [-0.2, 0) is 7.05 Å². The van der Waals surface area contributed by atoms with Gasteiger partial charge >= 0.3 is 0 Å². The molecule has 5 nitrogen and oxygen atoms in total. The number of methoxy groups -OCH3 is 2. The lowest BCUT2D eigenvalue weighted by Crippen LogP contribution is -2.03. The zero-order valence-electron chi connectivity index (χ0n) is 10.5. The molecule has 0 spiro atoms. The maximum atomic E-state index is 12.2. The van der Waals surface area contributed by atoms with E-state index in [-0.39, 0.29) is 5.78 Å². The number of rotatable bonds is 4. The minimum absolute atomic E-state index is 0.159. The molecule has 1 heterocycles. The molecule has 0 unspecified atom stereocenters. The molecule has 0 aliphatic rings. The Labute approximate surface area is 105 Å². The second-order valence-corrected chi connectivity index (χ2v) is 3.76. The number of aromatic nitrogens is 2. The van der Waals surface area contributed by atoms with Gasteiger partial charge in [-0.15, -0.1) is 0 Å². The Balaban J connectivity index is 2.34. The number of ether oxygens (including phenoxy) is 2. The van der Waals surface area contributed by atoms with E-state index in [1.807, 2.05) is 0 Å². The highest BCUT2D eigenvalue weighted by molar-refractivity contribution is 6.08. The highest BCUT2D eigenvalue weighted by Crippen LogP contribution is 2.18. The van der Waals surface area contributed by atoms with E-state index in [4.69, 9.17) is 9.47 Å². The number of ketones is 1. The van der Waals surface area contributed by atoms with Crippen molar-refractivity contribution >= 4 is 5.78 Å². The molecule has 0 fully saturated rings. The second-order valence-electron chi connectivity index (χ2n) is 3.76. The molecule has 0 aliphatic heterocycles. The fraction of sp³-hybridized carbons (Fsp3) is 0.231. The van der Waals surface area contributed by atoms with Crippen LogP contribution in [0.1, 0.15) is 16.1 Å². The summed E-state index contributed by atoms with van der Waals surface area (Å²) in [7, 11) is 4.82. The Morgan fingerprint density at radius 2 is 2.00 bits per heavy atom. The third kappa shape index (κ3) is 2.20. The molecule has 18 heavy (non-hydrogen) atoms. The minimum Gasteiger partial charge on any atom is -0.497 e. The molecule has 0 atom stereocenters. The van der Waals surface area contributed by atoms with E-state index >= 15 is 0 Å². The van der Waals surface area contributed by atoms with E-state index in [0.29, 0.717) is 22.9 Å². The molecule has 2 rings (SSSR count). The smallest absolute Gasteiger partial charge is 0.213 e. The van der Waals surface area contributed by atoms with Crippen molar-refractivity contribution in [1.29, 1.82) is 0 Å². The number of benzene rings is 1. The largest absolute Gasteiger partial charge is 0.497 e. The molecule has 0 aliphatic carbocycles. The van der Waals surface area contributed by atoms with Crippen LogP contribution in [0, 0.1) is 0 Å². The zero-order chi connectivity index (χ0) is 13.1. The number of hydrogen-bond acceptors (Lipinski definition) is 4. The van der Waals surface area contributed by atoms with Crippen molar-refractivity contribution in [3.8, 4) is 11.6 Å². The Hall–Kier alpha value is -2.30. The Bertz CT molecular complexity index is 575. The van der Waals surface area contributed by atoms with Gasteiger partial charge in [-0.2, -0.15) is 5.10 Å². The number of hydrogen-bond donors (Lipinski definition) is 0. The van der Waals surface area contributed by atoms with E-state index < -0.39 is 0 Å². The Morgan fingerprint density at radius 3 is 2.61 bits per heavy atom. The molecule has 0 radical (unpaired) electrons. The molecule has 94 valence electrons. The van der Waals surface area contributed by atoms with Crippen molar-refractivity contribution in [2.75, 3.05) is 14.2 Å². The third-order valence-corrected chi connectivity index (χ3v) is 2.61. The number of aryl methyl sites for hydroxylation is 1. The molecule has 0 amide bonds. The van der Waals surface area contributed by atoms with Crippen molar-refractivity contribution in [3.63, 3.8) is 0 Å². The normalized spacial score (nSPS) is 10.2. The fourth-order valence-corrected chi connectivity index (χ4v) is 1.66. The van der Waals surface area contributed by atoms with E-state index in [9.17, 15) is 4.79 Å². The van der Waals surface area contributed by atoms with Gasteiger partial charge in [-0.05, 0) is 12.1 Å². The average Bonchev–Trinajstić information content (AvgIpc) is 2.79. The van der Waals surface area contributed by atoms with Gasteiger partial charge in [0.2, 0.25) is 11.7 Å². The summed E-state index contributed by atoms with van der Waals surface area (Å²) in [5.74, 6) is 1.03. The van der Waals surface area contributed by atoms with E-state index in [2.05, 4.69) is 5.10 Å². The lowest BCUT2D eigenvalue weighted by atomic mass is 10.1. The molecule has 0 saturated heterocycles. The summed E-state index contributed by atoms with van der Waals surface area (Å²) in [6.45, 7) is 0. The van der Waals surface area contributed by atoms with Crippen LogP contribution in [0.2, 0.25) is 0 Å². The van der Waals surface area contributed by atoms with Crippen LogP contribution in [-0.4, -0.2) is 29.8 Å². The van der Waals surface area contributed by atoms with Crippen LogP contribution >= 0.6 is 0 Å². The SMILES string of the molecule is COc1cccc(C(=O)c2cc(OC)n(C)n2)c1. The van der Waals surface area contributed by atoms with Crippen molar-refractivity contribution in [3.05, 3.63) is 41.6 Å².